The van der Waals surface area contributed by atoms with Crippen LogP contribution in [0, 0.1) is 0 Å². The molecule has 1 N–H and O–H groups in total. The van der Waals surface area contributed by atoms with Crippen LogP contribution < -0.4 is 5.56 Å². The monoisotopic (exact) mass is 379 g/mol. The van der Waals surface area contributed by atoms with Crippen LogP contribution in [0.25, 0.3) is 0 Å². The first-order chi connectivity index (χ1) is 13.3. The highest BCUT2D eigenvalue weighted by molar-refractivity contribution is 5.93. The Labute approximate surface area is 164 Å². The van der Waals surface area contributed by atoms with Crippen LogP contribution in [0.5, 0.6) is 0 Å². The number of hydrogen-bond donors (Lipinski definition) is 1. The lowest BCUT2D eigenvalue weighted by atomic mass is 9.96. The van der Waals surface area contributed by atoms with Crippen LogP contribution in [-0.4, -0.2) is 37.4 Å². The van der Waals surface area contributed by atoms with Gasteiger partial charge >= 0.3 is 0 Å². The standard InChI is InChI=1S/C21H25N5O2/c1-21(2,3)20-23-12-16(18(27)24-20)19(28)25(4)14-17-22-10-11-26(17)13-15-8-6-5-7-9-15/h5-12H,13-14H2,1-4H3,(H,23,24,27). The van der Waals surface area contributed by atoms with Crippen LogP contribution >= 0.6 is 0 Å². The van der Waals surface area contributed by atoms with Gasteiger partial charge in [0.1, 0.15) is 17.2 Å². The summed E-state index contributed by atoms with van der Waals surface area (Å²) < 4.78 is 1.99. The maximum Gasteiger partial charge on any atom is 0.263 e. The van der Waals surface area contributed by atoms with Gasteiger partial charge in [0, 0.05) is 37.6 Å². The molecule has 2 aromatic heterocycles. The molecule has 0 aliphatic heterocycles. The highest BCUT2D eigenvalue weighted by atomic mass is 16.2. The smallest absolute Gasteiger partial charge is 0.263 e. The van der Waals surface area contributed by atoms with Gasteiger partial charge < -0.3 is 14.5 Å². The first-order valence-corrected chi connectivity index (χ1v) is 9.15. The molecule has 7 nitrogen and oxygen atoms in total. The summed E-state index contributed by atoms with van der Waals surface area (Å²) in [6.07, 6.45) is 4.95. The minimum atomic E-state index is -0.426. The van der Waals surface area contributed by atoms with Gasteiger partial charge in [-0.05, 0) is 5.56 Å². The van der Waals surface area contributed by atoms with E-state index in [0.717, 1.165) is 11.4 Å². The molecular formula is C21H25N5O2. The fourth-order valence-corrected chi connectivity index (χ4v) is 2.83. The van der Waals surface area contributed by atoms with Crippen molar-refractivity contribution in [2.24, 2.45) is 0 Å². The SMILES string of the molecule is CN(Cc1nccn1Cc1ccccc1)C(=O)c1cnc(C(C)(C)C)[nH]c1=O. The Bertz CT molecular complexity index is 1020. The van der Waals surface area contributed by atoms with E-state index >= 15 is 0 Å². The number of nitrogens with one attached hydrogen (secondary N) is 1. The number of imidazole rings is 1. The second-order valence-electron chi connectivity index (χ2n) is 7.84. The number of aromatic nitrogens is 4. The number of amides is 1. The summed E-state index contributed by atoms with van der Waals surface area (Å²) in [6, 6.07) is 10.0. The second kappa shape index (κ2) is 7.80. The first kappa shape index (κ1) is 19.5. The Morgan fingerprint density at radius 2 is 1.89 bits per heavy atom. The lowest BCUT2D eigenvalue weighted by molar-refractivity contribution is 0.0777. The molecule has 0 radical (unpaired) electrons. The van der Waals surface area contributed by atoms with Gasteiger partial charge in [0.2, 0.25) is 0 Å². The molecule has 1 amide bonds. The fourth-order valence-electron chi connectivity index (χ4n) is 2.83. The van der Waals surface area contributed by atoms with Crippen LogP contribution in [0.3, 0.4) is 0 Å². The number of nitrogens with zero attached hydrogens (tertiary/aromatic N) is 4. The molecule has 0 spiro atoms. The largest absolute Gasteiger partial charge is 0.334 e. The molecule has 7 heteroatoms. The molecule has 0 aliphatic rings. The van der Waals surface area contributed by atoms with Crippen molar-refractivity contribution in [2.75, 3.05) is 7.05 Å². The van der Waals surface area contributed by atoms with Crippen LogP contribution in [0.2, 0.25) is 0 Å². The number of carbonyl (C=O) groups is 1. The normalized spacial score (nSPS) is 11.4. The van der Waals surface area contributed by atoms with Gasteiger partial charge in [-0.15, -0.1) is 0 Å². The molecule has 3 aromatic rings. The average molecular weight is 379 g/mol. The lowest BCUT2D eigenvalue weighted by Gasteiger charge is -2.19. The number of benzene rings is 1. The zero-order valence-corrected chi connectivity index (χ0v) is 16.6. The van der Waals surface area contributed by atoms with Gasteiger partial charge in [-0.1, -0.05) is 51.1 Å². The predicted octanol–water partition coefficient (Wildman–Crippen LogP) is 2.58. The highest BCUT2D eigenvalue weighted by Crippen LogP contribution is 2.16. The van der Waals surface area contributed by atoms with E-state index < -0.39 is 5.56 Å². The minimum Gasteiger partial charge on any atom is -0.334 e. The van der Waals surface area contributed by atoms with Crippen molar-refractivity contribution < 1.29 is 4.79 Å². The van der Waals surface area contributed by atoms with E-state index in [2.05, 4.69) is 15.0 Å². The molecule has 2 heterocycles. The van der Waals surface area contributed by atoms with E-state index in [0.29, 0.717) is 18.9 Å². The molecule has 146 valence electrons. The van der Waals surface area contributed by atoms with Crippen molar-refractivity contribution in [1.29, 1.82) is 0 Å². The van der Waals surface area contributed by atoms with E-state index in [1.54, 1.807) is 13.2 Å². The van der Waals surface area contributed by atoms with Crippen molar-refractivity contribution in [2.45, 2.75) is 39.3 Å². The van der Waals surface area contributed by atoms with Gasteiger partial charge in [0.25, 0.3) is 11.5 Å². The van der Waals surface area contributed by atoms with E-state index in [4.69, 9.17) is 0 Å². The van der Waals surface area contributed by atoms with Gasteiger partial charge in [-0.3, -0.25) is 9.59 Å². The van der Waals surface area contributed by atoms with Crippen molar-refractivity contribution in [3.05, 3.63) is 82.1 Å². The molecule has 0 saturated heterocycles. The van der Waals surface area contributed by atoms with Crippen LogP contribution in [-0.2, 0) is 18.5 Å². The molecule has 1 aromatic carbocycles. The Morgan fingerprint density at radius 1 is 1.18 bits per heavy atom. The van der Waals surface area contributed by atoms with Crippen LogP contribution in [0.1, 0.15) is 48.3 Å². The summed E-state index contributed by atoms with van der Waals surface area (Å²) in [4.78, 5) is 38.0. The Morgan fingerprint density at radius 3 is 2.54 bits per heavy atom. The number of hydrogen-bond acceptors (Lipinski definition) is 4. The van der Waals surface area contributed by atoms with Crippen LogP contribution in [0.4, 0.5) is 0 Å². The summed E-state index contributed by atoms with van der Waals surface area (Å²) in [7, 11) is 1.65. The molecule has 0 fully saturated rings. The Balaban J connectivity index is 1.75. The van der Waals surface area contributed by atoms with Crippen molar-refractivity contribution >= 4 is 5.91 Å². The van der Waals surface area contributed by atoms with Gasteiger partial charge in [0.05, 0.1) is 6.54 Å². The number of rotatable bonds is 5. The zero-order valence-electron chi connectivity index (χ0n) is 16.6. The Hall–Kier alpha value is -3.22. The summed E-state index contributed by atoms with van der Waals surface area (Å²) in [5.74, 6) is 0.911. The summed E-state index contributed by atoms with van der Waals surface area (Å²) >= 11 is 0. The lowest BCUT2D eigenvalue weighted by Crippen LogP contribution is -2.34. The molecular weight excluding hydrogens is 354 g/mol. The average Bonchev–Trinajstić information content (AvgIpc) is 3.07. The van der Waals surface area contributed by atoms with E-state index in [1.165, 1.54) is 11.1 Å². The summed E-state index contributed by atoms with van der Waals surface area (Å²) in [5.41, 5.74) is 0.449. The topological polar surface area (TPSA) is 83.9 Å². The highest BCUT2D eigenvalue weighted by Gasteiger charge is 2.22. The zero-order chi connectivity index (χ0) is 20.3. The maximum absolute atomic E-state index is 12.8. The molecule has 3 rings (SSSR count). The van der Waals surface area contributed by atoms with Crippen LogP contribution in [0.15, 0.2) is 53.7 Å². The van der Waals surface area contributed by atoms with Gasteiger partial charge in [-0.25, -0.2) is 9.97 Å². The number of carbonyl (C=O) groups excluding carboxylic acids is 1. The molecule has 0 unspecified atom stereocenters. The quantitative estimate of drug-likeness (QED) is 0.738. The maximum atomic E-state index is 12.8. The number of H-pyrrole nitrogens is 1. The van der Waals surface area contributed by atoms with E-state index in [9.17, 15) is 9.59 Å². The first-order valence-electron chi connectivity index (χ1n) is 9.15. The number of aromatic amines is 1. The summed E-state index contributed by atoms with van der Waals surface area (Å²) in [5, 5.41) is 0. The van der Waals surface area contributed by atoms with Gasteiger partial charge in [-0.2, -0.15) is 0 Å². The molecule has 0 saturated carbocycles. The minimum absolute atomic E-state index is 0.0247. The van der Waals surface area contributed by atoms with E-state index in [-0.39, 0.29) is 16.9 Å². The van der Waals surface area contributed by atoms with Crippen molar-refractivity contribution in [1.82, 2.24) is 24.4 Å². The third-order valence-electron chi connectivity index (χ3n) is 4.46. The van der Waals surface area contributed by atoms with Crippen molar-refractivity contribution in [3.8, 4) is 0 Å². The Kier molecular flexibility index (Phi) is 5.44. The second-order valence-corrected chi connectivity index (χ2v) is 7.84. The third kappa shape index (κ3) is 4.36. The fraction of sp³-hybridized carbons (Fsp3) is 0.333. The predicted molar refractivity (Wildman–Crippen MR) is 107 cm³/mol. The molecule has 28 heavy (non-hydrogen) atoms. The molecule has 0 atom stereocenters. The van der Waals surface area contributed by atoms with Crippen molar-refractivity contribution in [3.63, 3.8) is 0 Å². The van der Waals surface area contributed by atoms with Gasteiger partial charge in [0.15, 0.2) is 0 Å². The van der Waals surface area contributed by atoms with E-state index in [1.807, 2.05) is 61.9 Å². The third-order valence-corrected chi connectivity index (χ3v) is 4.46. The molecule has 0 aliphatic carbocycles. The summed E-state index contributed by atoms with van der Waals surface area (Å²) in [6.45, 7) is 6.81. The molecule has 0 bridgehead atoms.